The maximum Gasteiger partial charge on any atom is 0.228 e. The largest absolute Gasteiger partial charge is 0.376 e. The summed E-state index contributed by atoms with van der Waals surface area (Å²) in [7, 11) is 0. The summed E-state index contributed by atoms with van der Waals surface area (Å²) in [5.41, 5.74) is 1.72. The van der Waals surface area contributed by atoms with Gasteiger partial charge in [0, 0.05) is 42.4 Å². The van der Waals surface area contributed by atoms with E-state index in [2.05, 4.69) is 24.6 Å². The fraction of sp³-hybridized carbons (Fsp3) is 0.500. The summed E-state index contributed by atoms with van der Waals surface area (Å²) >= 11 is 1.47. The molecule has 158 valence electrons. The molecule has 2 aromatic heterocycles. The Morgan fingerprint density at radius 3 is 2.87 bits per heavy atom. The van der Waals surface area contributed by atoms with Crippen LogP contribution in [0.1, 0.15) is 42.5 Å². The number of Topliss-reactive ketones (excluding diaryl/α,β-unsaturated/α-hetero) is 1. The molecule has 1 N–H and O–H groups in total. The van der Waals surface area contributed by atoms with Gasteiger partial charge in [-0.15, -0.1) is 10.2 Å². The fourth-order valence-electron chi connectivity index (χ4n) is 4.38. The predicted molar refractivity (Wildman–Crippen MR) is 118 cm³/mol. The number of nitrogens with zero attached hydrogens (tertiary/aromatic N) is 4. The van der Waals surface area contributed by atoms with Gasteiger partial charge in [0.15, 0.2) is 10.9 Å². The van der Waals surface area contributed by atoms with Crippen molar-refractivity contribution in [1.29, 1.82) is 0 Å². The minimum atomic E-state index is 0.101. The number of hydrogen-bond acceptors (Lipinski definition) is 6. The quantitative estimate of drug-likeness (QED) is 0.457. The Balaban J connectivity index is 1.35. The summed E-state index contributed by atoms with van der Waals surface area (Å²) in [4.78, 5) is 18.4. The molecule has 2 aliphatic rings. The second kappa shape index (κ2) is 8.81. The van der Waals surface area contributed by atoms with Crippen molar-refractivity contribution < 1.29 is 9.53 Å². The van der Waals surface area contributed by atoms with Gasteiger partial charge in [0.25, 0.3) is 0 Å². The zero-order chi connectivity index (χ0) is 20.3. The average Bonchev–Trinajstić information content (AvgIpc) is 3.53. The Bertz CT molecular complexity index is 1020. The minimum absolute atomic E-state index is 0.101. The number of rotatable bonds is 7. The number of anilines is 1. The molecule has 1 atom stereocenters. The number of piperidine rings is 1. The molecule has 0 spiro atoms. The number of H-pyrrole nitrogens is 1. The van der Waals surface area contributed by atoms with Gasteiger partial charge in [0.05, 0.1) is 18.4 Å². The van der Waals surface area contributed by atoms with Crippen LogP contribution in [0.15, 0.2) is 35.6 Å². The molecule has 2 saturated heterocycles. The van der Waals surface area contributed by atoms with Crippen molar-refractivity contribution >= 4 is 34.4 Å². The van der Waals surface area contributed by atoms with Gasteiger partial charge in [-0.05, 0) is 38.2 Å². The Morgan fingerprint density at radius 1 is 1.17 bits per heavy atom. The lowest BCUT2D eigenvalue weighted by Crippen LogP contribution is -2.33. The van der Waals surface area contributed by atoms with E-state index in [-0.39, 0.29) is 11.9 Å². The molecule has 0 amide bonds. The topological polar surface area (TPSA) is 76.0 Å². The summed E-state index contributed by atoms with van der Waals surface area (Å²) < 4.78 is 8.06. The van der Waals surface area contributed by atoms with Gasteiger partial charge in [-0.25, -0.2) is 0 Å². The first-order valence-electron chi connectivity index (χ1n) is 10.8. The summed E-state index contributed by atoms with van der Waals surface area (Å²) in [5.74, 6) is 1.36. The lowest BCUT2D eigenvalue weighted by atomic mass is 10.1. The molecule has 30 heavy (non-hydrogen) atoms. The third-order valence-corrected chi connectivity index (χ3v) is 6.94. The van der Waals surface area contributed by atoms with Crippen LogP contribution < -0.4 is 4.90 Å². The highest BCUT2D eigenvalue weighted by atomic mass is 32.2. The van der Waals surface area contributed by atoms with Crippen molar-refractivity contribution in [2.45, 2.75) is 49.9 Å². The van der Waals surface area contributed by atoms with Gasteiger partial charge in [-0.1, -0.05) is 30.0 Å². The van der Waals surface area contributed by atoms with Gasteiger partial charge < -0.3 is 14.6 Å². The Morgan fingerprint density at radius 2 is 2.03 bits per heavy atom. The van der Waals surface area contributed by atoms with Crippen LogP contribution in [0, 0.1) is 0 Å². The number of carbonyl (C=O) groups excluding carboxylic acids is 1. The first-order chi connectivity index (χ1) is 14.8. The normalized spacial score (nSPS) is 19.6. The minimum Gasteiger partial charge on any atom is -0.376 e. The van der Waals surface area contributed by atoms with E-state index < -0.39 is 0 Å². The van der Waals surface area contributed by atoms with E-state index in [1.54, 1.807) is 0 Å². The number of carbonyl (C=O) groups is 1. The molecule has 7 nitrogen and oxygen atoms in total. The number of ketones is 1. The third kappa shape index (κ3) is 3.98. The van der Waals surface area contributed by atoms with E-state index in [4.69, 9.17) is 4.74 Å². The SMILES string of the molecule is O=C(CSc1nnc(N2CCCCC2)n1CC1CCCO1)c1c[nH]c2ccccc12. The summed E-state index contributed by atoms with van der Waals surface area (Å²) in [6, 6.07) is 7.90. The predicted octanol–water partition coefficient (Wildman–Crippen LogP) is 3.90. The maximum absolute atomic E-state index is 12.9. The number of ether oxygens (including phenoxy) is 1. The standard InChI is InChI=1S/C22H27N5O2S/c28-20(18-13-23-19-9-3-2-8-17(18)19)15-30-22-25-24-21(26-10-4-1-5-11-26)27(22)14-16-7-6-12-29-16/h2-3,8-9,13,16,23H,1,4-7,10-12,14-15H2. The molecule has 0 aliphatic carbocycles. The summed E-state index contributed by atoms with van der Waals surface area (Å²) in [6.45, 7) is 3.61. The van der Waals surface area contributed by atoms with E-state index >= 15 is 0 Å². The van der Waals surface area contributed by atoms with Crippen molar-refractivity contribution in [2.75, 3.05) is 30.3 Å². The van der Waals surface area contributed by atoms with Gasteiger partial charge in [-0.3, -0.25) is 9.36 Å². The molecule has 0 bridgehead atoms. The van der Waals surface area contributed by atoms with Gasteiger partial charge in [0.2, 0.25) is 5.95 Å². The number of aromatic nitrogens is 4. The van der Waals surface area contributed by atoms with Gasteiger partial charge in [-0.2, -0.15) is 0 Å². The number of fused-ring (bicyclic) bond motifs is 1. The highest BCUT2D eigenvalue weighted by Gasteiger charge is 2.25. The van der Waals surface area contributed by atoms with Crippen LogP contribution in [0.25, 0.3) is 10.9 Å². The molecule has 1 unspecified atom stereocenters. The van der Waals surface area contributed by atoms with E-state index in [1.807, 2.05) is 30.5 Å². The number of hydrogen-bond donors (Lipinski definition) is 1. The Hall–Kier alpha value is -2.32. The number of para-hydroxylation sites is 1. The maximum atomic E-state index is 12.9. The lowest BCUT2D eigenvalue weighted by molar-refractivity contribution is 0.0951. The number of thioether (sulfide) groups is 1. The van der Waals surface area contributed by atoms with Crippen LogP contribution in [0.5, 0.6) is 0 Å². The number of benzene rings is 1. The molecule has 0 saturated carbocycles. The van der Waals surface area contributed by atoms with Gasteiger partial charge >= 0.3 is 0 Å². The van der Waals surface area contributed by atoms with E-state index in [0.29, 0.717) is 5.75 Å². The highest BCUT2D eigenvalue weighted by Crippen LogP contribution is 2.28. The Labute approximate surface area is 180 Å². The van der Waals surface area contributed by atoms with E-state index in [1.165, 1.54) is 31.0 Å². The van der Waals surface area contributed by atoms with Crippen LogP contribution in [0.3, 0.4) is 0 Å². The number of nitrogens with one attached hydrogen (secondary N) is 1. The molecule has 8 heteroatoms. The zero-order valence-corrected chi connectivity index (χ0v) is 17.9. The summed E-state index contributed by atoms with van der Waals surface area (Å²) in [5, 5.41) is 10.8. The molecular formula is C22H27N5O2S. The second-order valence-corrected chi connectivity index (χ2v) is 8.98. The third-order valence-electron chi connectivity index (χ3n) is 5.97. The molecule has 0 radical (unpaired) electrons. The highest BCUT2D eigenvalue weighted by molar-refractivity contribution is 7.99. The Kier molecular flexibility index (Phi) is 5.77. The molecule has 5 rings (SSSR count). The zero-order valence-electron chi connectivity index (χ0n) is 17.0. The van der Waals surface area contributed by atoms with Crippen LogP contribution >= 0.6 is 11.8 Å². The summed E-state index contributed by atoms with van der Waals surface area (Å²) in [6.07, 6.45) is 7.83. The van der Waals surface area contributed by atoms with E-state index in [9.17, 15) is 4.79 Å². The van der Waals surface area contributed by atoms with Crippen LogP contribution in [-0.2, 0) is 11.3 Å². The molecule has 1 aromatic carbocycles. The lowest BCUT2D eigenvalue weighted by Gasteiger charge is -2.28. The van der Waals surface area contributed by atoms with Crippen LogP contribution in [-0.4, -0.2) is 57.1 Å². The monoisotopic (exact) mass is 425 g/mol. The van der Waals surface area contributed by atoms with Crippen LogP contribution in [0.4, 0.5) is 5.95 Å². The first-order valence-corrected chi connectivity index (χ1v) is 11.8. The van der Waals surface area contributed by atoms with Crippen molar-refractivity contribution in [2.24, 2.45) is 0 Å². The molecule has 2 fully saturated rings. The first kappa shape index (κ1) is 19.6. The molecular weight excluding hydrogens is 398 g/mol. The molecule has 2 aliphatic heterocycles. The molecule has 4 heterocycles. The van der Waals surface area contributed by atoms with E-state index in [0.717, 1.165) is 66.7 Å². The second-order valence-electron chi connectivity index (χ2n) is 8.04. The fourth-order valence-corrected chi connectivity index (χ4v) is 5.20. The smallest absolute Gasteiger partial charge is 0.228 e. The van der Waals surface area contributed by atoms with Crippen molar-refractivity contribution in [3.05, 3.63) is 36.0 Å². The molecule has 3 aromatic rings. The van der Waals surface area contributed by atoms with Gasteiger partial charge in [0.1, 0.15) is 0 Å². The van der Waals surface area contributed by atoms with Crippen LogP contribution in [0.2, 0.25) is 0 Å². The average molecular weight is 426 g/mol. The van der Waals surface area contributed by atoms with Crippen molar-refractivity contribution in [1.82, 2.24) is 19.7 Å². The van der Waals surface area contributed by atoms with Crippen molar-refractivity contribution in [3.8, 4) is 0 Å². The van der Waals surface area contributed by atoms with Crippen molar-refractivity contribution in [3.63, 3.8) is 0 Å². The number of aromatic amines is 1.